The first-order chi connectivity index (χ1) is 9.99. The fourth-order valence-corrected chi connectivity index (χ4v) is 4.47. The molecule has 6 heteroatoms. The molecule has 0 fully saturated rings. The minimum Gasteiger partial charge on any atom is -0.281 e. The summed E-state index contributed by atoms with van der Waals surface area (Å²) in [6.45, 7) is 0. The zero-order valence-electron chi connectivity index (χ0n) is 11.1. The quantitative estimate of drug-likeness (QED) is 0.579. The summed E-state index contributed by atoms with van der Waals surface area (Å²) in [4.78, 5) is 26.0. The third-order valence-electron chi connectivity index (χ3n) is 3.55. The number of hydrogen-bond acceptors (Lipinski definition) is 3. The average Bonchev–Trinajstić information content (AvgIpc) is 2.90. The number of alkyl halides is 1. The lowest BCUT2D eigenvalue weighted by atomic mass is 9.95. The number of halogens is 2. The van der Waals surface area contributed by atoms with Gasteiger partial charge in [-0.25, -0.2) is 0 Å². The standard InChI is InChI=1S/C15H11BrClNO2S/c1-18-12(19)7-8-2-3-9(6-10(8)15(18)20)13(16)14-11(17)4-5-21-14/h2-6,13H,7H2,1H3. The van der Waals surface area contributed by atoms with Crippen molar-refractivity contribution in [1.82, 2.24) is 4.90 Å². The van der Waals surface area contributed by atoms with Gasteiger partial charge in [-0.15, -0.1) is 11.3 Å². The molecule has 2 amide bonds. The summed E-state index contributed by atoms with van der Waals surface area (Å²) in [5, 5.41) is 2.64. The van der Waals surface area contributed by atoms with E-state index >= 15 is 0 Å². The van der Waals surface area contributed by atoms with Crippen molar-refractivity contribution in [2.24, 2.45) is 0 Å². The molecule has 0 bridgehead atoms. The Morgan fingerprint density at radius 1 is 1.33 bits per heavy atom. The second-order valence-electron chi connectivity index (χ2n) is 4.85. The highest BCUT2D eigenvalue weighted by molar-refractivity contribution is 9.09. The van der Waals surface area contributed by atoms with Gasteiger partial charge in [-0.3, -0.25) is 14.5 Å². The number of nitrogens with zero attached hydrogens (tertiary/aromatic N) is 1. The second-order valence-corrected chi connectivity index (χ2v) is 7.12. The molecule has 108 valence electrons. The van der Waals surface area contributed by atoms with Gasteiger partial charge < -0.3 is 0 Å². The van der Waals surface area contributed by atoms with E-state index in [9.17, 15) is 9.59 Å². The lowest BCUT2D eigenvalue weighted by molar-refractivity contribution is -0.127. The van der Waals surface area contributed by atoms with Crippen LogP contribution in [0, 0.1) is 0 Å². The van der Waals surface area contributed by atoms with E-state index in [4.69, 9.17) is 11.6 Å². The number of imide groups is 1. The normalized spacial score (nSPS) is 16.0. The van der Waals surface area contributed by atoms with Gasteiger partial charge in [0.1, 0.15) is 0 Å². The summed E-state index contributed by atoms with van der Waals surface area (Å²) in [5.74, 6) is -0.419. The fourth-order valence-electron chi connectivity index (χ4n) is 2.32. The highest BCUT2D eigenvalue weighted by atomic mass is 79.9. The second kappa shape index (κ2) is 5.55. The van der Waals surface area contributed by atoms with E-state index in [2.05, 4.69) is 15.9 Å². The molecule has 1 atom stereocenters. The Morgan fingerprint density at radius 2 is 2.10 bits per heavy atom. The molecule has 0 N–H and O–H groups in total. The molecular formula is C15H11BrClNO2S. The fraction of sp³-hybridized carbons (Fsp3) is 0.200. The van der Waals surface area contributed by atoms with Crippen molar-refractivity contribution in [3.63, 3.8) is 0 Å². The van der Waals surface area contributed by atoms with Crippen molar-refractivity contribution in [1.29, 1.82) is 0 Å². The molecule has 1 aromatic carbocycles. The summed E-state index contributed by atoms with van der Waals surface area (Å²) in [5.41, 5.74) is 2.32. The van der Waals surface area contributed by atoms with Crippen LogP contribution in [-0.2, 0) is 11.2 Å². The minimum absolute atomic E-state index is 0.0639. The number of carbonyl (C=O) groups excluding carboxylic acids is 2. The zero-order chi connectivity index (χ0) is 15.1. The van der Waals surface area contributed by atoms with Crippen LogP contribution >= 0.6 is 38.9 Å². The molecular weight excluding hydrogens is 374 g/mol. The van der Waals surface area contributed by atoms with Crippen LogP contribution in [0.4, 0.5) is 0 Å². The van der Waals surface area contributed by atoms with Gasteiger partial charge >= 0.3 is 0 Å². The van der Waals surface area contributed by atoms with Gasteiger partial charge in [-0.05, 0) is 28.6 Å². The molecule has 1 unspecified atom stereocenters. The van der Waals surface area contributed by atoms with Crippen LogP contribution in [0.1, 0.15) is 31.2 Å². The maximum Gasteiger partial charge on any atom is 0.260 e. The summed E-state index contributed by atoms with van der Waals surface area (Å²) < 4.78 is 0. The van der Waals surface area contributed by atoms with Gasteiger partial charge in [-0.2, -0.15) is 0 Å². The summed E-state index contributed by atoms with van der Waals surface area (Å²) >= 11 is 11.4. The molecule has 2 heterocycles. The number of benzene rings is 1. The van der Waals surface area contributed by atoms with Crippen molar-refractivity contribution in [2.45, 2.75) is 11.2 Å². The van der Waals surface area contributed by atoms with Gasteiger partial charge in [0, 0.05) is 17.5 Å². The molecule has 1 aliphatic heterocycles. The largest absolute Gasteiger partial charge is 0.281 e. The Labute approximate surface area is 139 Å². The SMILES string of the molecule is CN1C(=O)Cc2ccc(C(Br)c3sccc3Cl)cc2C1=O. The van der Waals surface area contributed by atoms with Crippen LogP contribution in [0.15, 0.2) is 29.6 Å². The van der Waals surface area contributed by atoms with Crippen LogP contribution in [0.2, 0.25) is 5.02 Å². The average molecular weight is 385 g/mol. The summed E-state index contributed by atoms with van der Waals surface area (Å²) in [7, 11) is 1.52. The van der Waals surface area contributed by atoms with Crippen molar-refractivity contribution < 1.29 is 9.59 Å². The molecule has 3 nitrogen and oxygen atoms in total. The Morgan fingerprint density at radius 3 is 2.76 bits per heavy atom. The molecule has 21 heavy (non-hydrogen) atoms. The molecule has 0 saturated heterocycles. The molecule has 0 spiro atoms. The first-order valence-electron chi connectivity index (χ1n) is 6.29. The van der Waals surface area contributed by atoms with Crippen LogP contribution < -0.4 is 0 Å². The zero-order valence-corrected chi connectivity index (χ0v) is 14.3. The van der Waals surface area contributed by atoms with Gasteiger partial charge in [-0.1, -0.05) is 39.7 Å². The van der Waals surface area contributed by atoms with E-state index in [1.165, 1.54) is 11.9 Å². The lowest BCUT2D eigenvalue weighted by Gasteiger charge is -2.24. The first kappa shape index (κ1) is 14.8. The highest BCUT2D eigenvalue weighted by Gasteiger charge is 2.29. The molecule has 0 radical (unpaired) electrons. The molecule has 1 aliphatic rings. The Balaban J connectivity index is 2.02. The predicted molar refractivity (Wildman–Crippen MR) is 87.3 cm³/mol. The van der Waals surface area contributed by atoms with Crippen molar-refractivity contribution in [2.75, 3.05) is 7.05 Å². The van der Waals surface area contributed by atoms with E-state index < -0.39 is 0 Å². The minimum atomic E-state index is -0.250. The van der Waals surface area contributed by atoms with E-state index in [-0.39, 0.29) is 23.1 Å². The number of fused-ring (bicyclic) bond motifs is 1. The number of thiophene rings is 1. The number of carbonyl (C=O) groups is 2. The predicted octanol–water partition coefficient (Wildman–Crippen LogP) is 4.04. The number of amides is 2. The molecule has 0 saturated carbocycles. The van der Waals surface area contributed by atoms with E-state index in [1.807, 2.05) is 29.6 Å². The third kappa shape index (κ3) is 2.54. The smallest absolute Gasteiger partial charge is 0.260 e. The first-order valence-corrected chi connectivity index (χ1v) is 8.47. The maximum atomic E-state index is 12.2. The summed E-state index contributed by atoms with van der Waals surface area (Å²) in [6, 6.07) is 7.48. The molecule has 2 aromatic rings. The Bertz CT molecular complexity index is 743. The summed E-state index contributed by atoms with van der Waals surface area (Å²) in [6.07, 6.45) is 0.268. The van der Waals surface area contributed by atoms with E-state index in [1.54, 1.807) is 11.3 Å². The molecule has 1 aromatic heterocycles. The maximum absolute atomic E-state index is 12.2. The Hall–Kier alpha value is -1.17. The van der Waals surface area contributed by atoms with Crippen LogP contribution in [0.25, 0.3) is 0 Å². The van der Waals surface area contributed by atoms with Crippen LogP contribution in [-0.4, -0.2) is 23.8 Å². The van der Waals surface area contributed by atoms with E-state index in [0.717, 1.165) is 16.0 Å². The molecule has 3 rings (SSSR count). The van der Waals surface area contributed by atoms with Crippen molar-refractivity contribution in [3.8, 4) is 0 Å². The van der Waals surface area contributed by atoms with E-state index in [0.29, 0.717) is 10.6 Å². The van der Waals surface area contributed by atoms with Gasteiger partial charge in [0.05, 0.1) is 16.3 Å². The van der Waals surface area contributed by atoms with Gasteiger partial charge in [0.2, 0.25) is 5.91 Å². The van der Waals surface area contributed by atoms with Crippen molar-refractivity contribution in [3.05, 3.63) is 56.2 Å². The monoisotopic (exact) mass is 383 g/mol. The van der Waals surface area contributed by atoms with Crippen molar-refractivity contribution >= 4 is 50.7 Å². The van der Waals surface area contributed by atoms with Gasteiger partial charge in [0.15, 0.2) is 0 Å². The van der Waals surface area contributed by atoms with Crippen LogP contribution in [0.5, 0.6) is 0 Å². The number of hydrogen-bond donors (Lipinski definition) is 0. The molecule has 0 aliphatic carbocycles. The topological polar surface area (TPSA) is 37.4 Å². The van der Waals surface area contributed by atoms with Crippen LogP contribution in [0.3, 0.4) is 0 Å². The lowest BCUT2D eigenvalue weighted by Crippen LogP contribution is -2.39. The van der Waals surface area contributed by atoms with Gasteiger partial charge in [0.25, 0.3) is 5.91 Å². The number of rotatable bonds is 2. The third-order valence-corrected chi connectivity index (χ3v) is 6.27. The highest BCUT2D eigenvalue weighted by Crippen LogP contribution is 2.39. The number of likely N-dealkylation sites (N-methyl/N-ethyl adjacent to an activating group) is 1. The Kier molecular flexibility index (Phi) is 3.90.